The van der Waals surface area contributed by atoms with Crippen LogP contribution in [-0.2, 0) is 11.8 Å². The first kappa shape index (κ1) is 19.4. The molecule has 1 saturated carbocycles. The van der Waals surface area contributed by atoms with Crippen LogP contribution >= 0.6 is 0 Å². The van der Waals surface area contributed by atoms with Crippen LogP contribution in [0.1, 0.15) is 25.7 Å². The highest BCUT2D eigenvalue weighted by Gasteiger charge is 2.26. The molecule has 0 aliphatic heterocycles. The third kappa shape index (κ3) is 4.59. The maximum atomic E-state index is 12.7. The van der Waals surface area contributed by atoms with E-state index in [9.17, 15) is 9.18 Å². The highest BCUT2D eigenvalue weighted by molar-refractivity contribution is 5.93. The monoisotopic (exact) mass is 396 g/mol. The van der Waals surface area contributed by atoms with Crippen molar-refractivity contribution in [3.63, 3.8) is 0 Å². The molecule has 1 amide bonds. The van der Waals surface area contributed by atoms with E-state index in [0.717, 1.165) is 47.8 Å². The first-order valence-corrected chi connectivity index (χ1v) is 9.98. The van der Waals surface area contributed by atoms with Crippen molar-refractivity contribution in [3.8, 4) is 11.3 Å². The highest BCUT2D eigenvalue weighted by atomic mass is 19.1. The maximum Gasteiger partial charge on any atom is 0.228 e. The molecule has 0 radical (unpaired) electrons. The van der Waals surface area contributed by atoms with Gasteiger partial charge >= 0.3 is 0 Å². The van der Waals surface area contributed by atoms with Gasteiger partial charge in [-0.05, 0) is 37.8 Å². The van der Waals surface area contributed by atoms with E-state index >= 15 is 0 Å². The molecule has 0 atom stereocenters. The number of hydrogen-bond donors (Lipinski definition) is 2. The first-order valence-electron chi connectivity index (χ1n) is 9.98. The minimum absolute atomic E-state index is 0.00999. The van der Waals surface area contributed by atoms with Crippen LogP contribution in [0.4, 0.5) is 10.2 Å². The Bertz CT molecular complexity index is 996. The lowest BCUT2D eigenvalue weighted by Crippen LogP contribution is -2.37. The summed E-state index contributed by atoms with van der Waals surface area (Å²) in [6.07, 6.45) is 8.79. The number of carbonyl (C=O) groups excluding carboxylic acids is 1. The number of anilines is 1. The fraction of sp³-hybridized carbons (Fsp3) is 0.429. The van der Waals surface area contributed by atoms with E-state index in [0.29, 0.717) is 18.4 Å². The van der Waals surface area contributed by atoms with Crippen LogP contribution in [-0.4, -0.2) is 44.9 Å². The zero-order valence-corrected chi connectivity index (χ0v) is 16.4. The zero-order chi connectivity index (χ0) is 20.2. The van der Waals surface area contributed by atoms with E-state index in [1.807, 2.05) is 31.4 Å². The Balaban J connectivity index is 1.43. The summed E-state index contributed by atoms with van der Waals surface area (Å²) in [4.78, 5) is 21.7. The summed E-state index contributed by atoms with van der Waals surface area (Å²) in [6.45, 7) is 0.0289. The van der Waals surface area contributed by atoms with Crippen LogP contribution in [0.15, 0.2) is 36.8 Å². The largest absolute Gasteiger partial charge is 0.311 e. The number of rotatable bonds is 6. The molecule has 3 heterocycles. The third-order valence-electron chi connectivity index (χ3n) is 5.45. The van der Waals surface area contributed by atoms with Crippen molar-refractivity contribution >= 4 is 22.6 Å². The van der Waals surface area contributed by atoms with Crippen LogP contribution in [0.2, 0.25) is 0 Å². The number of carbonyl (C=O) groups is 1. The zero-order valence-electron chi connectivity index (χ0n) is 16.4. The lowest BCUT2D eigenvalue weighted by atomic mass is 9.85. The second-order valence-electron chi connectivity index (χ2n) is 7.54. The summed E-state index contributed by atoms with van der Waals surface area (Å²) in [5.41, 5.74) is 2.54. The van der Waals surface area contributed by atoms with Crippen molar-refractivity contribution in [2.75, 3.05) is 18.5 Å². The van der Waals surface area contributed by atoms with Crippen molar-refractivity contribution in [2.45, 2.75) is 31.7 Å². The van der Waals surface area contributed by atoms with Gasteiger partial charge in [0.2, 0.25) is 5.91 Å². The second kappa shape index (κ2) is 8.65. The van der Waals surface area contributed by atoms with Crippen molar-refractivity contribution in [3.05, 3.63) is 36.8 Å². The molecule has 7 nitrogen and oxygen atoms in total. The molecule has 1 fully saturated rings. The van der Waals surface area contributed by atoms with Gasteiger partial charge in [-0.2, -0.15) is 5.10 Å². The quantitative estimate of drug-likeness (QED) is 0.669. The number of aromatic nitrogens is 4. The van der Waals surface area contributed by atoms with Crippen molar-refractivity contribution in [2.24, 2.45) is 13.0 Å². The molecule has 1 aliphatic carbocycles. The van der Waals surface area contributed by atoms with E-state index in [2.05, 4.69) is 20.7 Å². The van der Waals surface area contributed by atoms with E-state index in [1.165, 1.54) is 0 Å². The van der Waals surface area contributed by atoms with E-state index in [-0.39, 0.29) is 18.5 Å². The van der Waals surface area contributed by atoms with E-state index in [1.54, 1.807) is 17.1 Å². The van der Waals surface area contributed by atoms with Crippen LogP contribution in [0.5, 0.6) is 0 Å². The summed E-state index contributed by atoms with van der Waals surface area (Å²) < 4.78 is 14.0. The Morgan fingerprint density at radius 2 is 2.07 bits per heavy atom. The smallest absolute Gasteiger partial charge is 0.228 e. The summed E-state index contributed by atoms with van der Waals surface area (Å²) >= 11 is 0. The van der Waals surface area contributed by atoms with Gasteiger partial charge in [-0.3, -0.25) is 9.48 Å². The molecule has 0 saturated heterocycles. The highest BCUT2D eigenvalue weighted by Crippen LogP contribution is 2.26. The number of amides is 1. The predicted molar refractivity (Wildman–Crippen MR) is 110 cm³/mol. The van der Waals surface area contributed by atoms with Gasteiger partial charge in [0, 0.05) is 55.0 Å². The molecule has 0 spiro atoms. The summed E-state index contributed by atoms with van der Waals surface area (Å²) in [5, 5.41) is 11.2. The van der Waals surface area contributed by atoms with Crippen LogP contribution in [0, 0.1) is 5.92 Å². The van der Waals surface area contributed by atoms with Crippen molar-refractivity contribution in [1.29, 1.82) is 0 Å². The van der Waals surface area contributed by atoms with Crippen LogP contribution in [0.25, 0.3) is 22.2 Å². The molecule has 3 aromatic rings. The van der Waals surface area contributed by atoms with Gasteiger partial charge in [0.15, 0.2) is 0 Å². The number of nitrogens with one attached hydrogen (secondary N) is 2. The molecule has 0 bridgehead atoms. The Morgan fingerprint density at radius 1 is 1.24 bits per heavy atom. The normalized spacial score (nSPS) is 19.4. The molecule has 8 heteroatoms. The van der Waals surface area contributed by atoms with Crippen LogP contribution < -0.4 is 10.6 Å². The molecule has 152 valence electrons. The first-order chi connectivity index (χ1) is 14.1. The Kier molecular flexibility index (Phi) is 5.80. The summed E-state index contributed by atoms with van der Waals surface area (Å²) in [6, 6.07) is 6.02. The molecular formula is C21H25FN6O. The molecule has 3 aromatic heterocycles. The van der Waals surface area contributed by atoms with Gasteiger partial charge < -0.3 is 10.6 Å². The average Bonchev–Trinajstić information content (AvgIpc) is 3.18. The molecule has 0 unspecified atom stereocenters. The van der Waals surface area contributed by atoms with Crippen molar-refractivity contribution in [1.82, 2.24) is 25.1 Å². The van der Waals surface area contributed by atoms with E-state index < -0.39 is 0 Å². The molecule has 2 N–H and O–H groups in total. The molecule has 1 aliphatic rings. The van der Waals surface area contributed by atoms with E-state index in [4.69, 9.17) is 4.98 Å². The number of fused-ring (bicyclic) bond motifs is 1. The average molecular weight is 396 g/mol. The van der Waals surface area contributed by atoms with Crippen LogP contribution in [0.3, 0.4) is 0 Å². The molecular weight excluding hydrogens is 371 g/mol. The molecule has 29 heavy (non-hydrogen) atoms. The minimum atomic E-state index is -0.357. The fourth-order valence-electron chi connectivity index (χ4n) is 3.85. The fourth-order valence-corrected chi connectivity index (χ4v) is 3.85. The SMILES string of the molecule is Cn1cc(-c2ccc3cnc(NC(=O)C4CCC(NCCF)CC4)cc3n2)cn1. The Hall–Kier alpha value is -2.87. The standard InChI is InChI=1S/C21H25FN6O/c1-28-13-16(12-25-28)18-7-4-15-11-24-20(10-19(15)26-18)27-21(29)14-2-5-17(6-3-14)23-9-8-22/h4,7,10-14,17,23H,2-3,5-6,8-9H2,1H3,(H,24,27,29). The van der Waals surface area contributed by atoms with Crippen molar-refractivity contribution < 1.29 is 9.18 Å². The van der Waals surface area contributed by atoms with Gasteiger partial charge in [0.25, 0.3) is 0 Å². The topological polar surface area (TPSA) is 84.7 Å². The van der Waals surface area contributed by atoms with Gasteiger partial charge in [-0.1, -0.05) is 0 Å². The lowest BCUT2D eigenvalue weighted by Gasteiger charge is -2.28. The molecule has 4 rings (SSSR count). The Labute approximate surface area is 168 Å². The van der Waals surface area contributed by atoms with Gasteiger partial charge in [-0.15, -0.1) is 0 Å². The van der Waals surface area contributed by atoms with Gasteiger partial charge in [0.1, 0.15) is 12.5 Å². The number of halogens is 1. The third-order valence-corrected chi connectivity index (χ3v) is 5.45. The lowest BCUT2D eigenvalue weighted by molar-refractivity contribution is -0.120. The van der Waals surface area contributed by atoms with Gasteiger partial charge in [-0.25, -0.2) is 14.4 Å². The number of hydrogen-bond acceptors (Lipinski definition) is 5. The number of pyridine rings is 2. The summed E-state index contributed by atoms with van der Waals surface area (Å²) in [5.74, 6) is 0.464. The van der Waals surface area contributed by atoms with Gasteiger partial charge in [0.05, 0.1) is 17.4 Å². The number of aryl methyl sites for hydroxylation is 1. The number of alkyl halides is 1. The minimum Gasteiger partial charge on any atom is -0.311 e. The predicted octanol–water partition coefficient (Wildman–Crippen LogP) is 3.09. The second-order valence-corrected chi connectivity index (χ2v) is 7.54. The maximum absolute atomic E-state index is 12.7. The molecule has 0 aromatic carbocycles. The summed E-state index contributed by atoms with van der Waals surface area (Å²) in [7, 11) is 1.87. The number of nitrogens with zero attached hydrogens (tertiary/aromatic N) is 4. The Morgan fingerprint density at radius 3 is 2.79 bits per heavy atom.